The van der Waals surface area contributed by atoms with Crippen molar-refractivity contribution in [3.63, 3.8) is 0 Å². The maximum atomic E-state index is 13.8. The van der Waals surface area contributed by atoms with Crippen LogP contribution < -0.4 is 19.7 Å². The molecular weight excluding hydrogens is 631 g/mol. The molecule has 0 radical (unpaired) electrons. The maximum absolute atomic E-state index is 13.8. The third-order valence-corrected chi connectivity index (χ3v) is 11.7. The van der Waals surface area contributed by atoms with Crippen LogP contribution in [0.3, 0.4) is 0 Å². The first kappa shape index (κ1) is 31.1. The van der Waals surface area contributed by atoms with E-state index in [1.807, 2.05) is 19.9 Å². The van der Waals surface area contributed by atoms with E-state index in [0.717, 1.165) is 24.8 Å². The van der Waals surface area contributed by atoms with Crippen LogP contribution in [-0.4, -0.2) is 51.1 Å². The summed E-state index contributed by atoms with van der Waals surface area (Å²) in [6.07, 6.45) is 8.92. The van der Waals surface area contributed by atoms with Crippen LogP contribution in [0, 0.1) is 0 Å². The van der Waals surface area contributed by atoms with Gasteiger partial charge in [0.15, 0.2) is 0 Å². The highest BCUT2D eigenvalue weighted by atomic mass is 32.2. The minimum absolute atomic E-state index is 0.222. The van der Waals surface area contributed by atoms with Gasteiger partial charge in [0.1, 0.15) is 20.4 Å². The Labute approximate surface area is 275 Å². The van der Waals surface area contributed by atoms with Crippen LogP contribution in [0.2, 0.25) is 0 Å². The molecule has 2 aliphatic heterocycles. The SMILES string of the molecule is CCCOC(=O)Cn1c(=O)/c(=C\c2ccc3c(c2)C2CCCC2N3c2cccc(SC)c2)s/c1=C1/SC(=S)N(CCC)C1=O. The number of carbonyl (C=O) groups is 2. The van der Waals surface area contributed by atoms with Crippen LogP contribution in [0.1, 0.15) is 63.0 Å². The van der Waals surface area contributed by atoms with Crippen molar-refractivity contribution in [1.82, 2.24) is 9.47 Å². The first-order chi connectivity index (χ1) is 21.3. The molecule has 3 aliphatic rings. The molecule has 2 aromatic carbocycles. The average Bonchev–Trinajstić information content (AvgIpc) is 3.76. The van der Waals surface area contributed by atoms with Crippen molar-refractivity contribution in [2.45, 2.75) is 69.4 Å². The average molecular weight is 666 g/mol. The molecule has 6 rings (SSSR count). The molecule has 44 heavy (non-hydrogen) atoms. The Morgan fingerprint density at radius 3 is 2.75 bits per heavy atom. The minimum atomic E-state index is -0.501. The molecule has 11 heteroatoms. The number of anilines is 2. The molecule has 3 aromatic rings. The molecule has 3 heterocycles. The number of fused-ring (bicyclic) bond motifs is 3. The predicted octanol–water partition coefficient (Wildman–Crippen LogP) is 5.58. The summed E-state index contributed by atoms with van der Waals surface area (Å²) in [4.78, 5) is 45.5. The summed E-state index contributed by atoms with van der Waals surface area (Å²) >= 11 is 9.67. The quantitative estimate of drug-likeness (QED) is 0.167. The summed E-state index contributed by atoms with van der Waals surface area (Å²) in [6, 6.07) is 15.6. The summed E-state index contributed by atoms with van der Waals surface area (Å²) in [5, 5.41) is 0. The number of esters is 1. The van der Waals surface area contributed by atoms with Gasteiger partial charge < -0.3 is 9.64 Å². The number of hydrogen-bond donors (Lipinski definition) is 0. The molecular formula is C33H35N3O4S4. The molecule has 1 amide bonds. The number of thioether (sulfide) groups is 2. The Morgan fingerprint density at radius 1 is 1.14 bits per heavy atom. The van der Waals surface area contributed by atoms with Crippen molar-refractivity contribution in [3.8, 4) is 0 Å². The van der Waals surface area contributed by atoms with Gasteiger partial charge in [0.05, 0.1) is 11.1 Å². The summed E-state index contributed by atoms with van der Waals surface area (Å²) in [6.45, 7) is 4.44. The Hall–Kier alpha value is -2.86. The molecule has 2 atom stereocenters. The van der Waals surface area contributed by atoms with E-state index in [0.29, 0.717) is 43.3 Å². The fourth-order valence-electron chi connectivity index (χ4n) is 6.38. The van der Waals surface area contributed by atoms with Gasteiger partial charge in [-0.05, 0) is 79.5 Å². The lowest BCUT2D eigenvalue weighted by Crippen LogP contribution is -2.36. The molecule has 0 spiro atoms. The zero-order valence-electron chi connectivity index (χ0n) is 25.0. The summed E-state index contributed by atoms with van der Waals surface area (Å²) in [5.41, 5.74) is 4.38. The Morgan fingerprint density at radius 2 is 1.98 bits per heavy atom. The van der Waals surface area contributed by atoms with Gasteiger partial charge in [-0.3, -0.25) is 23.9 Å². The second-order valence-electron chi connectivity index (χ2n) is 11.2. The van der Waals surface area contributed by atoms with E-state index < -0.39 is 5.97 Å². The van der Waals surface area contributed by atoms with Gasteiger partial charge in [-0.15, -0.1) is 23.1 Å². The third-order valence-electron chi connectivity index (χ3n) is 8.30. The molecule has 2 unspecified atom stereocenters. The second-order valence-corrected chi connectivity index (χ2v) is 14.7. The monoisotopic (exact) mass is 665 g/mol. The number of thiocarbonyl (C=S) groups is 1. The van der Waals surface area contributed by atoms with Crippen LogP contribution in [0.15, 0.2) is 52.2 Å². The van der Waals surface area contributed by atoms with Crippen LogP contribution in [0.25, 0.3) is 11.0 Å². The van der Waals surface area contributed by atoms with E-state index in [1.54, 1.807) is 16.7 Å². The smallest absolute Gasteiger partial charge is 0.326 e. The second kappa shape index (κ2) is 13.2. The first-order valence-electron chi connectivity index (χ1n) is 15.1. The maximum Gasteiger partial charge on any atom is 0.326 e. The minimum Gasteiger partial charge on any atom is -0.464 e. The van der Waals surface area contributed by atoms with Crippen molar-refractivity contribution in [2.75, 3.05) is 24.3 Å². The third kappa shape index (κ3) is 5.79. The van der Waals surface area contributed by atoms with Crippen LogP contribution >= 0.6 is 47.1 Å². The van der Waals surface area contributed by atoms with Crippen LogP contribution in [0.4, 0.5) is 11.4 Å². The molecule has 7 nitrogen and oxygen atoms in total. The highest BCUT2D eigenvalue weighted by molar-refractivity contribution is 8.30. The molecule has 0 bridgehead atoms. The van der Waals surface area contributed by atoms with Crippen LogP contribution in [-0.2, 0) is 20.9 Å². The van der Waals surface area contributed by atoms with Gasteiger partial charge >= 0.3 is 5.97 Å². The van der Waals surface area contributed by atoms with E-state index in [9.17, 15) is 14.4 Å². The Bertz CT molecular complexity index is 1810. The lowest BCUT2D eigenvalue weighted by molar-refractivity contribution is -0.144. The summed E-state index contributed by atoms with van der Waals surface area (Å²) in [5.74, 6) is -0.284. The van der Waals surface area contributed by atoms with Crippen molar-refractivity contribution in [3.05, 3.63) is 73.1 Å². The predicted molar refractivity (Wildman–Crippen MR) is 185 cm³/mol. The standard InChI is InChI=1S/C33H35N3O4S4/c1-4-14-34-31(39)29(44-33(34)41)32-35(19-28(37)40-15-5-2)30(38)27(43-32)17-20-12-13-26-24(16-20)23-10-7-11-25(23)36(26)21-8-6-9-22(18-21)42-3/h6,8-9,12-13,16-18,23,25H,4-5,7,10-11,14-15,19H2,1-3H3/b27-17+,32-29+. The van der Waals surface area contributed by atoms with Crippen molar-refractivity contribution in [2.24, 2.45) is 0 Å². The van der Waals surface area contributed by atoms with E-state index in [2.05, 4.69) is 53.6 Å². The Kier molecular flexibility index (Phi) is 9.37. The van der Waals surface area contributed by atoms with E-state index in [1.165, 1.54) is 55.9 Å². The summed E-state index contributed by atoms with van der Waals surface area (Å²) in [7, 11) is 0. The number of ether oxygens (including phenoxy) is 1. The molecule has 1 saturated carbocycles. The number of rotatable bonds is 9. The van der Waals surface area contributed by atoms with Gasteiger partial charge in [0.2, 0.25) is 0 Å². The number of amides is 1. The van der Waals surface area contributed by atoms with Crippen molar-refractivity contribution >= 4 is 85.6 Å². The van der Waals surface area contributed by atoms with Gasteiger partial charge in [-0.25, -0.2) is 0 Å². The zero-order valence-corrected chi connectivity index (χ0v) is 28.3. The molecule has 0 N–H and O–H groups in total. The molecule has 2 fully saturated rings. The van der Waals surface area contributed by atoms with Gasteiger partial charge in [0, 0.05) is 34.8 Å². The highest BCUT2D eigenvalue weighted by Gasteiger charge is 2.42. The van der Waals surface area contributed by atoms with Gasteiger partial charge in [0.25, 0.3) is 11.5 Å². The van der Waals surface area contributed by atoms with E-state index >= 15 is 0 Å². The van der Waals surface area contributed by atoms with E-state index in [4.69, 9.17) is 17.0 Å². The number of benzene rings is 2. The van der Waals surface area contributed by atoms with Gasteiger partial charge in [-0.2, -0.15) is 0 Å². The topological polar surface area (TPSA) is 71.8 Å². The lowest BCUT2D eigenvalue weighted by atomic mass is 9.96. The zero-order chi connectivity index (χ0) is 31.0. The fourth-order valence-corrected chi connectivity index (χ4v) is 9.40. The number of hydrogen-bond acceptors (Lipinski definition) is 9. The fraction of sp³-hybridized carbons (Fsp3) is 0.394. The van der Waals surface area contributed by atoms with Crippen LogP contribution in [0.5, 0.6) is 0 Å². The number of carbonyl (C=O) groups excluding carboxylic acids is 2. The number of aromatic nitrogens is 1. The van der Waals surface area contributed by atoms with Crippen molar-refractivity contribution < 1.29 is 14.3 Å². The number of thiazole rings is 1. The van der Waals surface area contributed by atoms with Crippen molar-refractivity contribution in [1.29, 1.82) is 0 Å². The lowest BCUT2D eigenvalue weighted by Gasteiger charge is -2.27. The number of nitrogens with zero attached hydrogens (tertiary/aromatic N) is 3. The Balaban J connectivity index is 1.44. The normalized spacial score (nSPS) is 20.9. The largest absolute Gasteiger partial charge is 0.464 e. The van der Waals surface area contributed by atoms with E-state index in [-0.39, 0.29) is 24.6 Å². The summed E-state index contributed by atoms with van der Waals surface area (Å²) < 4.78 is 8.07. The molecule has 1 aromatic heterocycles. The first-order valence-corrected chi connectivity index (χ1v) is 18.3. The molecule has 1 aliphatic carbocycles. The molecule has 1 saturated heterocycles. The highest BCUT2D eigenvalue weighted by Crippen LogP contribution is 2.52. The van der Waals surface area contributed by atoms with Gasteiger partial charge in [-0.1, -0.05) is 56.4 Å². The molecule has 230 valence electrons.